The second-order valence-corrected chi connectivity index (χ2v) is 4.48. The van der Waals surface area contributed by atoms with Gasteiger partial charge in [0.15, 0.2) is 0 Å². The van der Waals surface area contributed by atoms with Crippen molar-refractivity contribution in [2.24, 2.45) is 0 Å². The number of anilines is 1. The Morgan fingerprint density at radius 2 is 1.83 bits per heavy atom. The van der Waals surface area contributed by atoms with Gasteiger partial charge in [0.1, 0.15) is 0 Å². The van der Waals surface area contributed by atoms with Crippen LogP contribution in [0.2, 0.25) is 0 Å². The first-order chi connectivity index (χ1) is 8.67. The van der Waals surface area contributed by atoms with E-state index in [1.54, 1.807) is 0 Å². The Bertz CT molecular complexity index is 586. The minimum absolute atomic E-state index is 0.912. The third kappa shape index (κ3) is 2.14. The predicted molar refractivity (Wildman–Crippen MR) is 78.8 cm³/mol. The maximum Gasteiger partial charge on any atom is 0.0506 e. The van der Waals surface area contributed by atoms with Crippen molar-refractivity contribution in [2.45, 2.75) is 13.8 Å². The monoisotopic (exact) mass is 238 g/mol. The highest BCUT2D eigenvalue weighted by Gasteiger charge is 2.09. The first kappa shape index (κ1) is 12.4. The molecule has 2 N–H and O–H groups in total. The SMILES string of the molecule is CNc1c(C=N)cccc1-c1ccc(C)cc1C. The van der Waals surface area contributed by atoms with E-state index in [0.29, 0.717) is 0 Å². The second-order valence-electron chi connectivity index (χ2n) is 4.48. The van der Waals surface area contributed by atoms with Crippen molar-refractivity contribution in [3.05, 3.63) is 53.1 Å². The molecule has 0 saturated heterocycles. The van der Waals surface area contributed by atoms with Crippen LogP contribution in [0.25, 0.3) is 11.1 Å². The van der Waals surface area contributed by atoms with Gasteiger partial charge in [0.2, 0.25) is 0 Å². The van der Waals surface area contributed by atoms with E-state index in [0.717, 1.165) is 16.8 Å². The molecule has 0 atom stereocenters. The van der Waals surface area contributed by atoms with Crippen LogP contribution in [0.1, 0.15) is 16.7 Å². The van der Waals surface area contributed by atoms with Crippen LogP contribution < -0.4 is 5.32 Å². The first-order valence-electron chi connectivity index (χ1n) is 6.06. The summed E-state index contributed by atoms with van der Waals surface area (Å²) >= 11 is 0. The van der Waals surface area contributed by atoms with E-state index in [-0.39, 0.29) is 0 Å². The number of rotatable bonds is 3. The topological polar surface area (TPSA) is 35.9 Å². The van der Waals surface area contributed by atoms with Gasteiger partial charge in [-0.1, -0.05) is 42.0 Å². The van der Waals surface area contributed by atoms with E-state index in [1.807, 2.05) is 19.2 Å². The van der Waals surface area contributed by atoms with Crippen LogP contribution in [0.5, 0.6) is 0 Å². The number of nitrogens with one attached hydrogen (secondary N) is 2. The smallest absolute Gasteiger partial charge is 0.0506 e. The normalized spacial score (nSPS) is 10.2. The second kappa shape index (κ2) is 5.05. The molecule has 0 saturated carbocycles. The Balaban J connectivity index is 2.67. The number of hydrogen-bond acceptors (Lipinski definition) is 2. The standard InChI is InChI=1S/C16H18N2/c1-11-7-8-14(12(2)9-11)15-6-4-5-13(10-17)16(15)18-3/h4-10,17-18H,1-3H3. The highest BCUT2D eigenvalue weighted by atomic mass is 14.8. The summed E-state index contributed by atoms with van der Waals surface area (Å²) in [6.07, 6.45) is 1.39. The fourth-order valence-corrected chi connectivity index (χ4v) is 2.31. The maximum absolute atomic E-state index is 7.47. The third-order valence-electron chi connectivity index (χ3n) is 3.17. The molecule has 2 aromatic rings. The molecule has 2 rings (SSSR count). The minimum atomic E-state index is 0.912. The molecule has 0 bridgehead atoms. The highest BCUT2D eigenvalue weighted by Crippen LogP contribution is 2.32. The zero-order chi connectivity index (χ0) is 13.1. The Kier molecular flexibility index (Phi) is 3.47. The van der Waals surface area contributed by atoms with Crippen molar-refractivity contribution in [2.75, 3.05) is 12.4 Å². The van der Waals surface area contributed by atoms with Gasteiger partial charge in [-0.2, -0.15) is 0 Å². The van der Waals surface area contributed by atoms with E-state index in [9.17, 15) is 0 Å². The molecule has 0 radical (unpaired) electrons. The molecular formula is C16H18N2. The average molecular weight is 238 g/mol. The summed E-state index contributed by atoms with van der Waals surface area (Å²) in [5, 5.41) is 10.7. The lowest BCUT2D eigenvalue weighted by Crippen LogP contribution is -1.98. The van der Waals surface area contributed by atoms with E-state index in [4.69, 9.17) is 5.41 Å². The molecule has 2 heteroatoms. The van der Waals surface area contributed by atoms with Crippen LogP contribution in [-0.4, -0.2) is 13.3 Å². The predicted octanol–water partition coefficient (Wildman–Crippen LogP) is 4.01. The third-order valence-corrected chi connectivity index (χ3v) is 3.17. The summed E-state index contributed by atoms with van der Waals surface area (Å²) in [6.45, 7) is 4.22. The van der Waals surface area contributed by atoms with Crippen LogP contribution in [0.15, 0.2) is 36.4 Å². The summed E-state index contributed by atoms with van der Waals surface area (Å²) in [6, 6.07) is 12.5. The van der Waals surface area contributed by atoms with Crippen LogP contribution >= 0.6 is 0 Å². The Morgan fingerprint density at radius 3 is 2.44 bits per heavy atom. The van der Waals surface area contributed by atoms with Crippen LogP contribution in [0.4, 0.5) is 5.69 Å². The first-order valence-corrected chi connectivity index (χ1v) is 6.06. The van der Waals surface area contributed by atoms with E-state index >= 15 is 0 Å². The van der Waals surface area contributed by atoms with Gasteiger partial charge in [0.05, 0.1) is 5.69 Å². The Labute approximate surface area is 108 Å². The zero-order valence-corrected chi connectivity index (χ0v) is 11.0. The van der Waals surface area contributed by atoms with Crippen molar-refractivity contribution in [3.63, 3.8) is 0 Å². The minimum Gasteiger partial charge on any atom is -0.387 e. The van der Waals surface area contributed by atoms with Crippen molar-refractivity contribution in [1.82, 2.24) is 0 Å². The van der Waals surface area contributed by atoms with Crippen molar-refractivity contribution in [1.29, 1.82) is 5.41 Å². The van der Waals surface area contributed by atoms with Crippen molar-refractivity contribution >= 4 is 11.9 Å². The van der Waals surface area contributed by atoms with Gasteiger partial charge in [0.25, 0.3) is 0 Å². The van der Waals surface area contributed by atoms with Gasteiger partial charge in [-0.05, 0) is 25.0 Å². The average Bonchev–Trinajstić information content (AvgIpc) is 2.37. The van der Waals surface area contributed by atoms with Crippen molar-refractivity contribution in [3.8, 4) is 11.1 Å². The van der Waals surface area contributed by atoms with Crippen molar-refractivity contribution < 1.29 is 0 Å². The van der Waals surface area contributed by atoms with Crippen LogP contribution in [-0.2, 0) is 0 Å². The number of hydrogen-bond donors (Lipinski definition) is 2. The lowest BCUT2D eigenvalue weighted by Gasteiger charge is -2.14. The van der Waals surface area contributed by atoms with Gasteiger partial charge >= 0.3 is 0 Å². The number of aryl methyl sites for hydroxylation is 2. The largest absolute Gasteiger partial charge is 0.387 e. The lowest BCUT2D eigenvalue weighted by molar-refractivity contribution is 1.37. The van der Waals surface area contributed by atoms with E-state index in [2.05, 4.69) is 43.4 Å². The maximum atomic E-state index is 7.47. The Morgan fingerprint density at radius 1 is 1.06 bits per heavy atom. The molecule has 0 aliphatic heterocycles. The highest BCUT2D eigenvalue weighted by molar-refractivity contribution is 5.94. The molecular weight excluding hydrogens is 220 g/mol. The van der Waals surface area contributed by atoms with Gasteiger partial charge in [0, 0.05) is 24.4 Å². The number of para-hydroxylation sites is 1. The molecule has 2 nitrogen and oxygen atoms in total. The fraction of sp³-hybridized carbons (Fsp3) is 0.188. The summed E-state index contributed by atoms with van der Waals surface area (Å²) in [5.41, 5.74) is 6.82. The summed E-state index contributed by atoms with van der Waals surface area (Å²) in [5.74, 6) is 0. The molecule has 0 aromatic heterocycles. The quantitative estimate of drug-likeness (QED) is 0.779. The number of benzene rings is 2. The van der Waals surface area contributed by atoms with Gasteiger partial charge in [-0.3, -0.25) is 0 Å². The van der Waals surface area contributed by atoms with E-state index < -0.39 is 0 Å². The van der Waals surface area contributed by atoms with Gasteiger partial charge in [-0.25, -0.2) is 0 Å². The molecule has 2 aromatic carbocycles. The Hall–Kier alpha value is -2.09. The van der Waals surface area contributed by atoms with Crippen LogP contribution in [0.3, 0.4) is 0 Å². The summed E-state index contributed by atoms with van der Waals surface area (Å²) in [4.78, 5) is 0. The summed E-state index contributed by atoms with van der Waals surface area (Å²) < 4.78 is 0. The molecule has 0 fully saturated rings. The molecule has 0 aliphatic carbocycles. The molecule has 0 unspecified atom stereocenters. The molecule has 92 valence electrons. The molecule has 0 heterocycles. The van der Waals surface area contributed by atoms with Crippen LogP contribution in [0, 0.1) is 19.3 Å². The fourth-order valence-electron chi connectivity index (χ4n) is 2.31. The zero-order valence-electron chi connectivity index (χ0n) is 11.0. The molecule has 0 spiro atoms. The molecule has 18 heavy (non-hydrogen) atoms. The summed E-state index contributed by atoms with van der Waals surface area (Å²) in [7, 11) is 1.90. The van der Waals surface area contributed by atoms with E-state index in [1.165, 1.54) is 22.9 Å². The van der Waals surface area contributed by atoms with Gasteiger partial charge in [-0.15, -0.1) is 0 Å². The molecule has 0 amide bonds. The molecule has 0 aliphatic rings. The van der Waals surface area contributed by atoms with Gasteiger partial charge < -0.3 is 10.7 Å². The lowest BCUT2D eigenvalue weighted by atomic mass is 9.95.